The molecule has 0 amide bonds. The van der Waals surface area contributed by atoms with E-state index in [1.165, 1.54) is 5.57 Å². The van der Waals surface area contributed by atoms with Crippen molar-refractivity contribution in [2.45, 2.75) is 20.0 Å². The molecule has 1 nitrogen and oxygen atoms in total. The van der Waals surface area contributed by atoms with Crippen molar-refractivity contribution in [3.63, 3.8) is 0 Å². The summed E-state index contributed by atoms with van der Waals surface area (Å²) >= 11 is 0. The van der Waals surface area contributed by atoms with Crippen LogP contribution in [0.4, 0.5) is 0 Å². The minimum absolute atomic E-state index is 0.503. The van der Waals surface area contributed by atoms with E-state index in [9.17, 15) is 5.11 Å². The van der Waals surface area contributed by atoms with E-state index in [-0.39, 0.29) is 0 Å². The number of hydrogen-bond acceptors (Lipinski definition) is 1. The van der Waals surface area contributed by atoms with Crippen LogP contribution in [-0.4, -0.2) is 5.11 Å². The van der Waals surface area contributed by atoms with Crippen molar-refractivity contribution in [1.29, 1.82) is 0 Å². The Morgan fingerprint density at radius 3 is 2.69 bits per heavy atom. The highest BCUT2D eigenvalue weighted by Gasteiger charge is 2.17. The third-order valence-corrected chi connectivity index (χ3v) is 2.67. The Kier molecular flexibility index (Phi) is 3.07. The van der Waals surface area contributed by atoms with Gasteiger partial charge in [-0.2, -0.15) is 0 Å². The summed E-state index contributed by atoms with van der Waals surface area (Å²) in [6.45, 7) is 4.09. The van der Waals surface area contributed by atoms with Crippen molar-refractivity contribution in [2.24, 2.45) is 0 Å². The Balaban J connectivity index is 2.38. The summed E-state index contributed by atoms with van der Waals surface area (Å²) in [7, 11) is 0. The molecule has 0 radical (unpaired) electrons. The normalized spacial score (nSPS) is 20.7. The van der Waals surface area contributed by atoms with Crippen LogP contribution >= 0.6 is 0 Å². The number of rotatable bonds is 1. The lowest BCUT2D eigenvalue weighted by molar-refractivity contribution is 0.218. The average molecular weight is 212 g/mol. The van der Waals surface area contributed by atoms with Crippen LogP contribution in [0.15, 0.2) is 53.6 Å². The van der Waals surface area contributed by atoms with Gasteiger partial charge in [0, 0.05) is 0 Å². The van der Waals surface area contributed by atoms with E-state index in [4.69, 9.17) is 0 Å². The molecule has 1 atom stereocenters. The van der Waals surface area contributed by atoms with Crippen molar-refractivity contribution in [2.75, 3.05) is 0 Å². The zero-order valence-electron chi connectivity index (χ0n) is 9.64. The van der Waals surface area contributed by atoms with Crippen molar-refractivity contribution < 1.29 is 5.11 Å². The van der Waals surface area contributed by atoms with Crippen LogP contribution in [0.3, 0.4) is 0 Å². The third kappa shape index (κ3) is 2.15. The molecule has 1 aliphatic carbocycles. The molecule has 0 aliphatic heterocycles. The molecule has 16 heavy (non-hydrogen) atoms. The van der Waals surface area contributed by atoms with E-state index in [2.05, 4.69) is 0 Å². The number of fused-ring (bicyclic) bond motifs is 1. The van der Waals surface area contributed by atoms with Gasteiger partial charge in [-0.1, -0.05) is 54.1 Å². The lowest BCUT2D eigenvalue weighted by Gasteiger charge is -2.19. The summed E-state index contributed by atoms with van der Waals surface area (Å²) < 4.78 is 0. The first kappa shape index (κ1) is 10.9. The summed E-state index contributed by atoms with van der Waals surface area (Å²) in [6.07, 6.45) is 7.53. The number of aliphatic hydroxyl groups excluding tert-OH is 1. The number of hydrogen-bond donors (Lipinski definition) is 1. The molecule has 1 heteroatoms. The van der Waals surface area contributed by atoms with Crippen molar-refractivity contribution in [1.82, 2.24) is 0 Å². The largest absolute Gasteiger partial charge is 0.384 e. The second kappa shape index (κ2) is 4.50. The standard InChI is InChI=1S/C15H16O/c1-11(2)7-8-13-10-9-12-5-3-4-6-14(12)15(13)16/h3-10,15-16H,1-2H3/b13-8-. The first-order valence-corrected chi connectivity index (χ1v) is 5.48. The Hall–Kier alpha value is -1.60. The van der Waals surface area contributed by atoms with Crippen molar-refractivity contribution >= 4 is 6.08 Å². The monoisotopic (exact) mass is 212 g/mol. The second-order valence-corrected chi connectivity index (χ2v) is 4.28. The molecule has 0 saturated heterocycles. The van der Waals surface area contributed by atoms with Crippen molar-refractivity contribution in [3.05, 3.63) is 64.8 Å². The van der Waals surface area contributed by atoms with Crippen LogP contribution in [0.5, 0.6) is 0 Å². The maximum Gasteiger partial charge on any atom is 0.105 e. The van der Waals surface area contributed by atoms with Crippen LogP contribution in [0, 0.1) is 0 Å². The fraction of sp³-hybridized carbons (Fsp3) is 0.200. The predicted octanol–water partition coefficient (Wildman–Crippen LogP) is 3.64. The quantitative estimate of drug-likeness (QED) is 0.753. The SMILES string of the molecule is CC(C)=C/C=C1/C=Cc2ccccc2C1O. The number of allylic oxidation sites excluding steroid dienone is 3. The van der Waals surface area contributed by atoms with Gasteiger partial charge in [-0.05, 0) is 30.5 Å². The van der Waals surface area contributed by atoms with Crippen LogP contribution in [0.2, 0.25) is 0 Å². The van der Waals surface area contributed by atoms with Crippen LogP contribution in [0.1, 0.15) is 31.1 Å². The minimum Gasteiger partial charge on any atom is -0.384 e. The van der Waals surface area contributed by atoms with E-state index in [1.54, 1.807) is 0 Å². The lowest BCUT2D eigenvalue weighted by atomic mass is 9.91. The van der Waals surface area contributed by atoms with Gasteiger partial charge >= 0.3 is 0 Å². The minimum atomic E-state index is -0.503. The first-order chi connectivity index (χ1) is 7.68. The zero-order valence-corrected chi connectivity index (χ0v) is 9.64. The zero-order chi connectivity index (χ0) is 11.5. The van der Waals surface area contributed by atoms with Gasteiger partial charge in [-0.3, -0.25) is 0 Å². The maximum atomic E-state index is 10.2. The molecule has 82 valence electrons. The van der Waals surface area contributed by atoms with E-state index >= 15 is 0 Å². The Bertz CT molecular complexity index is 474. The molecule has 0 fully saturated rings. The summed E-state index contributed by atoms with van der Waals surface area (Å²) in [5.41, 5.74) is 4.26. The van der Waals surface area contributed by atoms with Gasteiger partial charge in [-0.25, -0.2) is 0 Å². The lowest BCUT2D eigenvalue weighted by Crippen LogP contribution is -2.05. The topological polar surface area (TPSA) is 20.2 Å². The molecule has 1 unspecified atom stereocenters. The molecule has 0 aromatic heterocycles. The Morgan fingerprint density at radius 2 is 1.94 bits per heavy atom. The van der Waals surface area contributed by atoms with Gasteiger partial charge in [0.25, 0.3) is 0 Å². The second-order valence-electron chi connectivity index (χ2n) is 4.28. The summed E-state index contributed by atoms with van der Waals surface area (Å²) in [5.74, 6) is 0. The highest BCUT2D eigenvalue weighted by atomic mass is 16.3. The molecular formula is C15H16O. The number of benzene rings is 1. The van der Waals surface area contributed by atoms with E-state index in [0.717, 1.165) is 16.7 Å². The summed E-state index contributed by atoms with van der Waals surface area (Å²) in [5, 5.41) is 10.2. The molecule has 0 bridgehead atoms. The molecule has 0 saturated carbocycles. The fourth-order valence-electron chi connectivity index (χ4n) is 1.78. The van der Waals surface area contributed by atoms with Crippen LogP contribution in [-0.2, 0) is 0 Å². The molecule has 1 N–H and O–H groups in total. The first-order valence-electron chi connectivity index (χ1n) is 5.48. The average Bonchev–Trinajstić information content (AvgIpc) is 2.28. The maximum absolute atomic E-state index is 10.2. The van der Waals surface area contributed by atoms with Gasteiger partial charge in [-0.15, -0.1) is 0 Å². The van der Waals surface area contributed by atoms with Crippen LogP contribution < -0.4 is 0 Å². The molecule has 0 spiro atoms. The van der Waals surface area contributed by atoms with Gasteiger partial charge in [0.15, 0.2) is 0 Å². The van der Waals surface area contributed by atoms with E-state index in [1.807, 2.05) is 62.4 Å². The predicted molar refractivity (Wildman–Crippen MR) is 67.9 cm³/mol. The van der Waals surface area contributed by atoms with E-state index < -0.39 is 6.10 Å². The van der Waals surface area contributed by atoms with Crippen LogP contribution in [0.25, 0.3) is 6.08 Å². The van der Waals surface area contributed by atoms with Gasteiger partial charge in [0.2, 0.25) is 0 Å². The highest BCUT2D eigenvalue weighted by Crippen LogP contribution is 2.31. The molecule has 0 heterocycles. The van der Waals surface area contributed by atoms with Gasteiger partial charge in [0.05, 0.1) is 0 Å². The summed E-state index contributed by atoms with van der Waals surface area (Å²) in [4.78, 5) is 0. The Morgan fingerprint density at radius 1 is 1.19 bits per heavy atom. The Labute approximate surface area is 96.4 Å². The molecule has 2 rings (SSSR count). The van der Waals surface area contributed by atoms with Gasteiger partial charge < -0.3 is 5.11 Å². The smallest absolute Gasteiger partial charge is 0.105 e. The third-order valence-electron chi connectivity index (χ3n) is 2.67. The van der Waals surface area contributed by atoms with Crippen molar-refractivity contribution in [3.8, 4) is 0 Å². The van der Waals surface area contributed by atoms with Gasteiger partial charge in [0.1, 0.15) is 6.10 Å². The molecule has 1 aromatic carbocycles. The van der Waals surface area contributed by atoms with E-state index in [0.29, 0.717) is 0 Å². The highest BCUT2D eigenvalue weighted by molar-refractivity contribution is 5.63. The molecule has 1 aromatic rings. The fourth-order valence-corrected chi connectivity index (χ4v) is 1.78. The molecular weight excluding hydrogens is 196 g/mol. The number of aliphatic hydroxyl groups is 1. The summed E-state index contributed by atoms with van der Waals surface area (Å²) in [6, 6.07) is 7.94. The molecule has 1 aliphatic rings.